The summed E-state index contributed by atoms with van der Waals surface area (Å²) >= 11 is 0. The zero-order chi connectivity index (χ0) is 18.1. The van der Waals surface area contributed by atoms with Crippen molar-refractivity contribution in [3.8, 4) is 11.4 Å². The molecule has 0 atom stereocenters. The molecule has 0 aliphatic carbocycles. The van der Waals surface area contributed by atoms with Gasteiger partial charge in [0.2, 0.25) is 17.6 Å². The number of aromatic nitrogens is 2. The van der Waals surface area contributed by atoms with E-state index in [1.807, 2.05) is 36.1 Å². The Hall–Kier alpha value is -3.22. The van der Waals surface area contributed by atoms with E-state index in [9.17, 15) is 9.18 Å². The summed E-state index contributed by atoms with van der Waals surface area (Å²) in [5, 5.41) is 6.78. The average Bonchev–Trinajstić information content (AvgIpc) is 3.01. The number of hydrogen-bond acceptors (Lipinski definition) is 5. The van der Waals surface area contributed by atoms with Gasteiger partial charge < -0.3 is 14.7 Å². The van der Waals surface area contributed by atoms with Crippen molar-refractivity contribution in [1.82, 2.24) is 10.1 Å². The molecule has 132 valence electrons. The van der Waals surface area contributed by atoms with E-state index in [-0.39, 0.29) is 5.91 Å². The molecule has 0 bridgehead atoms. The van der Waals surface area contributed by atoms with Crippen LogP contribution in [0.5, 0.6) is 0 Å². The third-order valence-electron chi connectivity index (χ3n) is 4.25. The number of benzene rings is 2. The molecule has 1 aromatic heterocycles. The summed E-state index contributed by atoms with van der Waals surface area (Å²) in [5.74, 6) is 0.411. The molecule has 6 nitrogen and oxygen atoms in total. The number of carbonyl (C=O) groups is 1. The fourth-order valence-electron chi connectivity index (χ4n) is 3.00. The lowest BCUT2D eigenvalue weighted by Crippen LogP contribution is -2.24. The highest BCUT2D eigenvalue weighted by Gasteiger charge is 2.22. The van der Waals surface area contributed by atoms with E-state index >= 15 is 0 Å². The molecule has 2 aromatic carbocycles. The van der Waals surface area contributed by atoms with E-state index in [0.29, 0.717) is 36.9 Å². The quantitative estimate of drug-likeness (QED) is 0.781. The Morgan fingerprint density at radius 1 is 1.27 bits per heavy atom. The van der Waals surface area contributed by atoms with E-state index in [1.165, 1.54) is 12.1 Å². The lowest BCUT2D eigenvalue weighted by atomic mass is 10.1. The summed E-state index contributed by atoms with van der Waals surface area (Å²) in [6.07, 6.45) is 0.301. The van der Waals surface area contributed by atoms with Crippen LogP contribution in [-0.2, 0) is 11.3 Å². The average molecular weight is 352 g/mol. The maximum Gasteiger partial charge on any atom is 0.246 e. The molecule has 1 aliphatic rings. The molecule has 3 aromatic rings. The molecule has 2 heterocycles. The number of carbonyl (C=O) groups excluding carboxylic acids is 1. The van der Waals surface area contributed by atoms with Gasteiger partial charge in [-0.25, -0.2) is 4.39 Å². The third kappa shape index (κ3) is 3.28. The summed E-state index contributed by atoms with van der Waals surface area (Å²) in [6.45, 7) is 2.82. The normalized spacial score (nSPS) is 13.9. The van der Waals surface area contributed by atoms with Crippen LogP contribution in [0.2, 0.25) is 0 Å². The molecular weight excluding hydrogens is 335 g/mol. The van der Waals surface area contributed by atoms with Gasteiger partial charge in [0, 0.05) is 18.5 Å². The lowest BCUT2D eigenvalue weighted by molar-refractivity contribution is -0.115. The molecule has 26 heavy (non-hydrogen) atoms. The predicted molar refractivity (Wildman–Crippen MR) is 95.2 cm³/mol. The van der Waals surface area contributed by atoms with Crippen molar-refractivity contribution in [2.45, 2.75) is 19.9 Å². The molecule has 0 saturated carbocycles. The first-order valence-electron chi connectivity index (χ1n) is 8.32. The number of fused-ring (bicyclic) bond motifs is 1. The Kier molecular flexibility index (Phi) is 4.12. The number of nitrogens with zero attached hydrogens (tertiary/aromatic N) is 3. The number of aryl methyl sites for hydroxylation is 1. The number of amides is 1. The van der Waals surface area contributed by atoms with E-state index in [0.717, 1.165) is 16.8 Å². The highest BCUT2D eigenvalue weighted by Crippen LogP contribution is 2.30. The second-order valence-corrected chi connectivity index (χ2v) is 6.26. The van der Waals surface area contributed by atoms with Crippen molar-refractivity contribution in [3.05, 3.63) is 59.7 Å². The van der Waals surface area contributed by atoms with Gasteiger partial charge in [-0.3, -0.25) is 4.79 Å². The minimum absolute atomic E-state index is 0.148. The van der Waals surface area contributed by atoms with Crippen LogP contribution in [-0.4, -0.2) is 22.6 Å². The topological polar surface area (TPSA) is 71.3 Å². The Bertz CT molecular complexity index is 970. The van der Waals surface area contributed by atoms with Crippen LogP contribution in [0.1, 0.15) is 17.9 Å². The predicted octanol–water partition coefficient (Wildman–Crippen LogP) is 3.53. The van der Waals surface area contributed by atoms with Gasteiger partial charge in [0.1, 0.15) is 5.82 Å². The molecule has 0 spiro atoms. The Labute approximate surface area is 149 Å². The monoisotopic (exact) mass is 352 g/mol. The molecule has 7 heteroatoms. The van der Waals surface area contributed by atoms with Gasteiger partial charge in [-0.1, -0.05) is 28.9 Å². The van der Waals surface area contributed by atoms with Gasteiger partial charge in [0.25, 0.3) is 0 Å². The first-order valence-corrected chi connectivity index (χ1v) is 8.32. The molecule has 1 amide bonds. The molecule has 0 unspecified atom stereocenters. The zero-order valence-electron chi connectivity index (χ0n) is 14.2. The van der Waals surface area contributed by atoms with Crippen molar-refractivity contribution < 1.29 is 13.7 Å². The molecular formula is C19H17FN4O2. The number of nitrogens with one attached hydrogen (secondary N) is 1. The fraction of sp³-hybridized carbons (Fsp3) is 0.211. The number of anilines is 2. The highest BCUT2D eigenvalue weighted by molar-refractivity contribution is 5.96. The first-order chi connectivity index (χ1) is 12.6. The zero-order valence-corrected chi connectivity index (χ0v) is 14.2. The number of halogens is 1. The van der Waals surface area contributed by atoms with E-state index in [1.54, 1.807) is 6.07 Å². The van der Waals surface area contributed by atoms with Crippen LogP contribution >= 0.6 is 0 Å². The van der Waals surface area contributed by atoms with Crippen molar-refractivity contribution in [2.24, 2.45) is 0 Å². The molecule has 0 fully saturated rings. The Morgan fingerprint density at radius 2 is 2.15 bits per heavy atom. The van der Waals surface area contributed by atoms with Crippen LogP contribution in [0, 0.1) is 12.7 Å². The van der Waals surface area contributed by atoms with Gasteiger partial charge in [-0.05, 0) is 31.2 Å². The molecule has 4 rings (SSSR count). The smallest absolute Gasteiger partial charge is 0.246 e. The Balaban J connectivity index is 1.61. The summed E-state index contributed by atoms with van der Waals surface area (Å²) in [4.78, 5) is 18.3. The third-order valence-corrected chi connectivity index (χ3v) is 4.25. The molecule has 0 saturated heterocycles. The van der Waals surface area contributed by atoms with Crippen molar-refractivity contribution in [2.75, 3.05) is 16.8 Å². The van der Waals surface area contributed by atoms with Gasteiger partial charge >= 0.3 is 0 Å². The second kappa shape index (κ2) is 6.59. The van der Waals surface area contributed by atoms with Crippen LogP contribution in [0.4, 0.5) is 15.8 Å². The van der Waals surface area contributed by atoms with Crippen LogP contribution in [0.15, 0.2) is 47.0 Å². The largest absolute Gasteiger partial charge is 0.360 e. The maximum absolute atomic E-state index is 13.5. The number of rotatable bonds is 3. The minimum Gasteiger partial charge on any atom is -0.360 e. The molecule has 0 radical (unpaired) electrons. The van der Waals surface area contributed by atoms with Gasteiger partial charge in [0.05, 0.1) is 17.9 Å². The lowest BCUT2D eigenvalue weighted by Gasteiger charge is -2.22. The van der Waals surface area contributed by atoms with Gasteiger partial charge in [-0.15, -0.1) is 0 Å². The second-order valence-electron chi connectivity index (χ2n) is 6.26. The first kappa shape index (κ1) is 16.3. The summed E-state index contributed by atoms with van der Waals surface area (Å²) in [5.41, 5.74) is 3.18. The van der Waals surface area contributed by atoms with Gasteiger partial charge in [-0.2, -0.15) is 4.98 Å². The van der Waals surface area contributed by atoms with Crippen LogP contribution in [0.25, 0.3) is 11.4 Å². The SMILES string of the molecule is Cc1cccc(-c2noc(CN3CCC(=O)Nc4cc(F)ccc43)n2)c1. The van der Waals surface area contributed by atoms with E-state index in [4.69, 9.17) is 4.52 Å². The minimum atomic E-state index is -0.398. The highest BCUT2D eigenvalue weighted by atomic mass is 19.1. The standard InChI is InChI=1S/C19H17FN4O2/c1-12-3-2-4-13(9-12)19-22-18(26-23-19)11-24-8-7-17(25)21-15-10-14(20)5-6-16(15)24/h2-6,9-10H,7-8,11H2,1H3,(H,21,25). The van der Waals surface area contributed by atoms with E-state index in [2.05, 4.69) is 15.5 Å². The van der Waals surface area contributed by atoms with E-state index < -0.39 is 5.82 Å². The van der Waals surface area contributed by atoms with Crippen LogP contribution in [0.3, 0.4) is 0 Å². The number of hydrogen-bond donors (Lipinski definition) is 1. The summed E-state index contributed by atoms with van der Waals surface area (Å²) in [6, 6.07) is 12.2. The molecule has 1 N–H and O–H groups in total. The summed E-state index contributed by atoms with van der Waals surface area (Å²) < 4.78 is 18.9. The molecule has 1 aliphatic heterocycles. The van der Waals surface area contributed by atoms with Crippen molar-refractivity contribution in [3.63, 3.8) is 0 Å². The Morgan fingerprint density at radius 3 is 3.00 bits per heavy atom. The van der Waals surface area contributed by atoms with Crippen LogP contribution < -0.4 is 10.2 Å². The fourth-order valence-corrected chi connectivity index (χ4v) is 3.00. The maximum atomic E-state index is 13.5. The van der Waals surface area contributed by atoms with Crippen molar-refractivity contribution >= 4 is 17.3 Å². The summed E-state index contributed by atoms with van der Waals surface area (Å²) in [7, 11) is 0. The van der Waals surface area contributed by atoms with Crippen molar-refractivity contribution in [1.29, 1.82) is 0 Å². The van der Waals surface area contributed by atoms with Gasteiger partial charge in [0.15, 0.2) is 0 Å².